The van der Waals surface area contributed by atoms with Gasteiger partial charge in [0.05, 0.1) is 13.2 Å². The van der Waals surface area contributed by atoms with Gasteiger partial charge >= 0.3 is 11.9 Å². The van der Waals surface area contributed by atoms with Crippen LogP contribution in [0, 0.1) is 5.92 Å². The minimum Gasteiger partial charge on any atom is -0.463 e. The Morgan fingerprint density at radius 3 is 2.24 bits per heavy atom. The third-order valence-electron chi connectivity index (χ3n) is 2.68. The quantitative estimate of drug-likeness (QED) is 0.272. The normalized spacial score (nSPS) is 14.6. The maximum atomic E-state index is 12.0. The summed E-state index contributed by atoms with van der Waals surface area (Å²) in [5, 5.41) is 0. The Morgan fingerprint density at radius 1 is 1.19 bits per heavy atom. The molecule has 0 aromatic rings. The van der Waals surface area contributed by atoms with Gasteiger partial charge in [0, 0.05) is 24.5 Å². The fourth-order valence-corrected chi connectivity index (χ4v) is 3.59. The van der Waals surface area contributed by atoms with Crippen LogP contribution in [0.2, 0.25) is 0 Å². The van der Waals surface area contributed by atoms with E-state index in [-0.39, 0.29) is 31.5 Å². The van der Waals surface area contributed by atoms with E-state index in [1.54, 1.807) is 0 Å². The van der Waals surface area contributed by atoms with Crippen molar-refractivity contribution in [2.24, 2.45) is 5.92 Å². The first-order valence-corrected chi connectivity index (χ1v) is 8.73. The topological polar surface area (TPSA) is 89.9 Å². The van der Waals surface area contributed by atoms with Crippen molar-refractivity contribution in [1.29, 1.82) is 0 Å². The third kappa shape index (κ3) is 11.0. The van der Waals surface area contributed by atoms with Crippen LogP contribution in [-0.2, 0) is 23.6 Å². The van der Waals surface area contributed by atoms with Gasteiger partial charge in [-0.3, -0.25) is 4.57 Å². The molecule has 0 aliphatic carbocycles. The number of rotatable bonds is 11. The van der Waals surface area contributed by atoms with Crippen LogP contribution in [-0.4, -0.2) is 42.4 Å². The molecule has 0 saturated heterocycles. The summed E-state index contributed by atoms with van der Waals surface area (Å²) in [4.78, 5) is 31.5. The van der Waals surface area contributed by atoms with Gasteiger partial charge in [0.15, 0.2) is 0 Å². The standard InChI is InChI=1S/C14H23O6P/c1-4-13(15)19-8-6-10-21(17,18)11-12(3)7-9-20-14(16)5-2/h4-5,12H,1-2,6-11H2,3H3,(H,17,18). The molecule has 21 heavy (non-hydrogen) atoms. The number of esters is 2. The van der Waals surface area contributed by atoms with Gasteiger partial charge in [-0.05, 0) is 18.8 Å². The van der Waals surface area contributed by atoms with Gasteiger partial charge in [0.1, 0.15) is 0 Å². The van der Waals surface area contributed by atoms with Crippen molar-refractivity contribution in [3.05, 3.63) is 25.3 Å². The molecule has 0 spiro atoms. The highest BCUT2D eigenvalue weighted by atomic mass is 31.2. The Kier molecular flexibility index (Phi) is 9.67. The molecule has 0 amide bonds. The first-order valence-electron chi connectivity index (χ1n) is 6.70. The summed E-state index contributed by atoms with van der Waals surface area (Å²) in [7, 11) is -3.27. The first-order chi connectivity index (χ1) is 9.80. The van der Waals surface area contributed by atoms with Crippen LogP contribution in [0.15, 0.2) is 25.3 Å². The van der Waals surface area contributed by atoms with Crippen molar-refractivity contribution in [3.8, 4) is 0 Å². The second-order valence-corrected chi connectivity index (χ2v) is 7.25. The highest BCUT2D eigenvalue weighted by Crippen LogP contribution is 2.43. The second-order valence-electron chi connectivity index (χ2n) is 4.74. The van der Waals surface area contributed by atoms with Gasteiger partial charge in [0.25, 0.3) is 0 Å². The highest BCUT2D eigenvalue weighted by Gasteiger charge is 2.21. The number of hydrogen-bond acceptors (Lipinski definition) is 5. The summed E-state index contributed by atoms with van der Waals surface area (Å²) >= 11 is 0. The van der Waals surface area contributed by atoms with E-state index >= 15 is 0 Å². The first kappa shape index (κ1) is 19.6. The van der Waals surface area contributed by atoms with Gasteiger partial charge in [-0.2, -0.15) is 0 Å². The maximum absolute atomic E-state index is 12.0. The predicted octanol–water partition coefficient (Wildman–Crippen LogP) is 2.13. The summed E-state index contributed by atoms with van der Waals surface area (Å²) in [6, 6.07) is 0. The number of carbonyl (C=O) groups is 2. The molecule has 0 heterocycles. The molecule has 2 atom stereocenters. The van der Waals surface area contributed by atoms with Crippen molar-refractivity contribution in [2.45, 2.75) is 19.8 Å². The van der Waals surface area contributed by atoms with Crippen LogP contribution in [0.25, 0.3) is 0 Å². The molecule has 7 heteroatoms. The number of hydrogen-bond donors (Lipinski definition) is 1. The van der Waals surface area contributed by atoms with Gasteiger partial charge in [-0.15, -0.1) is 0 Å². The lowest BCUT2D eigenvalue weighted by atomic mass is 10.1. The predicted molar refractivity (Wildman–Crippen MR) is 80.3 cm³/mol. The van der Waals surface area contributed by atoms with Gasteiger partial charge in [-0.1, -0.05) is 20.1 Å². The van der Waals surface area contributed by atoms with Gasteiger partial charge in [-0.25, -0.2) is 9.59 Å². The largest absolute Gasteiger partial charge is 0.463 e. The summed E-state index contributed by atoms with van der Waals surface area (Å²) in [5.41, 5.74) is 0. The zero-order valence-electron chi connectivity index (χ0n) is 12.3. The molecule has 2 unspecified atom stereocenters. The molecule has 120 valence electrons. The molecular weight excluding hydrogens is 295 g/mol. The summed E-state index contributed by atoms with van der Waals surface area (Å²) in [5.74, 6) is -1.09. The number of carbonyl (C=O) groups excluding carboxylic acids is 2. The van der Waals surface area contributed by atoms with Crippen LogP contribution in [0.5, 0.6) is 0 Å². The molecule has 0 bridgehead atoms. The van der Waals surface area contributed by atoms with E-state index in [1.165, 1.54) is 0 Å². The molecule has 0 aromatic carbocycles. The molecule has 0 aromatic heterocycles. The Hall–Kier alpha value is -1.39. The van der Waals surface area contributed by atoms with E-state index in [0.717, 1.165) is 12.2 Å². The minimum atomic E-state index is -3.27. The lowest BCUT2D eigenvalue weighted by Crippen LogP contribution is -2.11. The van der Waals surface area contributed by atoms with E-state index in [4.69, 9.17) is 9.47 Å². The van der Waals surface area contributed by atoms with E-state index in [9.17, 15) is 19.0 Å². The molecular formula is C14H23O6P. The van der Waals surface area contributed by atoms with Crippen LogP contribution >= 0.6 is 7.37 Å². The Balaban J connectivity index is 3.90. The molecule has 0 saturated carbocycles. The Labute approximate surface area is 125 Å². The van der Waals surface area contributed by atoms with Gasteiger partial charge < -0.3 is 14.4 Å². The van der Waals surface area contributed by atoms with Crippen molar-refractivity contribution >= 4 is 19.3 Å². The van der Waals surface area contributed by atoms with Crippen LogP contribution in [0.1, 0.15) is 19.8 Å². The fraction of sp³-hybridized carbons (Fsp3) is 0.571. The second kappa shape index (κ2) is 10.4. The molecule has 0 radical (unpaired) electrons. The SMILES string of the molecule is C=CC(=O)OCCCP(=O)(O)CC(C)CCOC(=O)C=C. The molecule has 0 rings (SSSR count). The van der Waals surface area contributed by atoms with Gasteiger partial charge in [0.2, 0.25) is 7.37 Å². The molecule has 0 aliphatic heterocycles. The zero-order chi connectivity index (χ0) is 16.3. The van der Waals surface area contributed by atoms with Crippen molar-refractivity contribution < 1.29 is 28.5 Å². The minimum absolute atomic E-state index is 0.0471. The van der Waals surface area contributed by atoms with Crippen molar-refractivity contribution in [2.75, 3.05) is 25.5 Å². The molecule has 0 fully saturated rings. The van der Waals surface area contributed by atoms with Crippen LogP contribution < -0.4 is 0 Å². The lowest BCUT2D eigenvalue weighted by Gasteiger charge is -2.16. The van der Waals surface area contributed by atoms with Crippen LogP contribution in [0.4, 0.5) is 0 Å². The fourth-order valence-electron chi connectivity index (χ4n) is 1.63. The smallest absolute Gasteiger partial charge is 0.330 e. The summed E-state index contributed by atoms with van der Waals surface area (Å²) in [6.07, 6.45) is 3.20. The lowest BCUT2D eigenvalue weighted by molar-refractivity contribution is -0.138. The number of ether oxygens (including phenoxy) is 2. The van der Waals surface area contributed by atoms with E-state index in [2.05, 4.69) is 13.2 Å². The van der Waals surface area contributed by atoms with Crippen molar-refractivity contribution in [1.82, 2.24) is 0 Å². The molecule has 1 N–H and O–H groups in total. The van der Waals surface area contributed by atoms with Crippen molar-refractivity contribution in [3.63, 3.8) is 0 Å². The maximum Gasteiger partial charge on any atom is 0.330 e. The summed E-state index contributed by atoms with van der Waals surface area (Å²) in [6.45, 7) is 8.65. The van der Waals surface area contributed by atoms with E-state index < -0.39 is 19.3 Å². The molecule has 6 nitrogen and oxygen atoms in total. The van der Waals surface area contributed by atoms with E-state index in [0.29, 0.717) is 12.8 Å². The Bertz CT molecular complexity index is 418. The zero-order valence-corrected chi connectivity index (χ0v) is 13.2. The molecule has 0 aliphatic rings. The van der Waals surface area contributed by atoms with Crippen LogP contribution in [0.3, 0.4) is 0 Å². The highest BCUT2D eigenvalue weighted by molar-refractivity contribution is 7.57. The average molecular weight is 318 g/mol. The van der Waals surface area contributed by atoms with E-state index in [1.807, 2.05) is 6.92 Å². The Morgan fingerprint density at radius 2 is 1.71 bits per heavy atom. The average Bonchev–Trinajstić information content (AvgIpc) is 2.42. The monoisotopic (exact) mass is 318 g/mol. The third-order valence-corrected chi connectivity index (χ3v) is 4.89. The summed E-state index contributed by atoms with van der Waals surface area (Å²) < 4.78 is 21.5.